The van der Waals surface area contributed by atoms with Crippen molar-refractivity contribution < 1.29 is 4.39 Å². The molecule has 0 spiro atoms. The van der Waals surface area contributed by atoms with Gasteiger partial charge in [0.15, 0.2) is 0 Å². The monoisotopic (exact) mass is 363 g/mol. The molecule has 1 fully saturated rings. The summed E-state index contributed by atoms with van der Waals surface area (Å²) in [5.74, 6) is 1.62. The molecule has 0 bridgehead atoms. The lowest BCUT2D eigenvalue weighted by molar-refractivity contribution is 0.242. The molecule has 7 heteroatoms. The van der Waals surface area contributed by atoms with Gasteiger partial charge in [-0.2, -0.15) is 0 Å². The summed E-state index contributed by atoms with van der Waals surface area (Å²) in [6.07, 6.45) is 5.60. The Morgan fingerprint density at radius 2 is 2.00 bits per heavy atom. The van der Waals surface area contributed by atoms with Crippen molar-refractivity contribution >= 4 is 28.9 Å². The van der Waals surface area contributed by atoms with Gasteiger partial charge in [0.2, 0.25) is 0 Å². The average molecular weight is 364 g/mol. The summed E-state index contributed by atoms with van der Waals surface area (Å²) in [5.41, 5.74) is 6.89. The van der Waals surface area contributed by atoms with E-state index >= 15 is 0 Å². The highest BCUT2D eigenvalue weighted by Gasteiger charge is 2.34. The highest BCUT2D eigenvalue weighted by molar-refractivity contribution is 6.31. The number of rotatable bonds is 4. The lowest BCUT2D eigenvalue weighted by Gasteiger charge is -2.43. The van der Waals surface area contributed by atoms with Crippen LogP contribution in [0.2, 0.25) is 5.02 Å². The van der Waals surface area contributed by atoms with E-state index in [0.717, 1.165) is 37.4 Å². The second kappa shape index (κ2) is 7.14. The van der Waals surface area contributed by atoms with Crippen LogP contribution in [0, 0.1) is 11.7 Å². The number of nitrogens with one attached hydrogen (secondary N) is 1. The van der Waals surface area contributed by atoms with E-state index in [2.05, 4.69) is 22.2 Å². The Labute approximate surface area is 152 Å². The lowest BCUT2D eigenvalue weighted by Crippen LogP contribution is -2.56. The molecule has 2 aromatic rings. The Bertz CT molecular complexity index is 746. The van der Waals surface area contributed by atoms with Gasteiger partial charge in [-0.05, 0) is 49.8 Å². The van der Waals surface area contributed by atoms with Gasteiger partial charge in [0, 0.05) is 18.8 Å². The number of hydrogen-bond donors (Lipinski definition) is 2. The molecule has 1 saturated carbocycles. The van der Waals surface area contributed by atoms with Crippen molar-refractivity contribution in [2.75, 3.05) is 17.3 Å². The van der Waals surface area contributed by atoms with Crippen molar-refractivity contribution in [3.05, 3.63) is 41.4 Å². The van der Waals surface area contributed by atoms with Crippen LogP contribution in [0.1, 0.15) is 32.6 Å². The Morgan fingerprint density at radius 3 is 2.68 bits per heavy atom. The number of nitrogens with zero attached hydrogens (tertiary/aromatic N) is 3. The molecular formula is C18H23ClFN5. The molecule has 5 nitrogen and oxygen atoms in total. The number of halogens is 2. The predicted octanol–water partition coefficient (Wildman–Crippen LogP) is 4.31. The zero-order chi connectivity index (χ0) is 18.0. The third kappa shape index (κ3) is 4.02. The highest BCUT2D eigenvalue weighted by atomic mass is 35.5. The summed E-state index contributed by atoms with van der Waals surface area (Å²) in [6, 6.07) is 6.29. The number of anilines is 3. The Balaban J connectivity index is 1.77. The molecule has 0 saturated heterocycles. The van der Waals surface area contributed by atoms with E-state index in [9.17, 15) is 4.39 Å². The first-order chi connectivity index (χ1) is 11.9. The van der Waals surface area contributed by atoms with Crippen molar-refractivity contribution in [1.29, 1.82) is 0 Å². The van der Waals surface area contributed by atoms with Gasteiger partial charge in [0.25, 0.3) is 0 Å². The lowest BCUT2D eigenvalue weighted by atomic mass is 9.82. The molecule has 3 N–H and O–H groups in total. The van der Waals surface area contributed by atoms with Gasteiger partial charge in [-0.3, -0.25) is 0 Å². The molecule has 1 heterocycles. The smallest absolute Gasteiger partial charge is 0.141 e. The highest BCUT2D eigenvalue weighted by Crippen LogP contribution is 2.34. The van der Waals surface area contributed by atoms with Gasteiger partial charge < -0.3 is 16.0 Å². The molecule has 0 radical (unpaired) electrons. The van der Waals surface area contributed by atoms with E-state index in [4.69, 9.17) is 17.3 Å². The summed E-state index contributed by atoms with van der Waals surface area (Å²) in [6.45, 7) is 2.26. The van der Waals surface area contributed by atoms with E-state index in [0.29, 0.717) is 11.5 Å². The minimum absolute atomic E-state index is 0.0636. The summed E-state index contributed by atoms with van der Waals surface area (Å²) in [7, 11) is 1.97. The molecule has 1 aliphatic carbocycles. The van der Waals surface area contributed by atoms with Crippen LogP contribution >= 0.6 is 11.6 Å². The van der Waals surface area contributed by atoms with Crippen LogP contribution in [0.4, 0.5) is 21.7 Å². The van der Waals surface area contributed by atoms with Crippen LogP contribution in [0.15, 0.2) is 30.6 Å². The number of nitrogens with two attached hydrogens (primary N) is 1. The molecule has 1 aliphatic rings. The van der Waals surface area contributed by atoms with Crippen molar-refractivity contribution in [2.24, 2.45) is 11.7 Å². The van der Waals surface area contributed by atoms with E-state index in [1.54, 1.807) is 6.07 Å². The van der Waals surface area contributed by atoms with Gasteiger partial charge >= 0.3 is 0 Å². The zero-order valence-electron chi connectivity index (χ0n) is 14.5. The maximum atomic E-state index is 13.3. The molecule has 0 amide bonds. The normalized spacial score (nSPS) is 23.3. The molecule has 1 aromatic carbocycles. The van der Waals surface area contributed by atoms with Gasteiger partial charge in [-0.15, -0.1) is 0 Å². The SMILES string of the molecule is CN(c1cc(Nc2ccc(F)c(Cl)c2)ncn1)[C@]1(N)CC[C@@H](C)CC1. The first-order valence-electron chi connectivity index (χ1n) is 8.44. The molecular weight excluding hydrogens is 341 g/mol. The second-order valence-corrected chi connectivity index (χ2v) is 7.27. The van der Waals surface area contributed by atoms with Crippen LogP contribution in [-0.2, 0) is 0 Å². The molecule has 0 unspecified atom stereocenters. The average Bonchev–Trinajstić information content (AvgIpc) is 2.60. The fourth-order valence-corrected chi connectivity index (χ4v) is 3.33. The van der Waals surface area contributed by atoms with Crippen molar-refractivity contribution in [3.8, 4) is 0 Å². The topological polar surface area (TPSA) is 67.1 Å². The van der Waals surface area contributed by atoms with E-state index < -0.39 is 11.5 Å². The van der Waals surface area contributed by atoms with Crippen LogP contribution in [-0.4, -0.2) is 22.7 Å². The molecule has 0 atom stereocenters. The zero-order valence-corrected chi connectivity index (χ0v) is 15.2. The first kappa shape index (κ1) is 17.9. The van der Waals surface area contributed by atoms with Crippen LogP contribution < -0.4 is 16.0 Å². The number of aromatic nitrogens is 2. The van der Waals surface area contributed by atoms with Crippen molar-refractivity contribution in [2.45, 2.75) is 38.3 Å². The molecule has 3 rings (SSSR count). The Hall–Kier alpha value is -1.92. The largest absolute Gasteiger partial charge is 0.341 e. The minimum atomic E-state index is -0.452. The number of benzene rings is 1. The fourth-order valence-electron chi connectivity index (χ4n) is 3.15. The van der Waals surface area contributed by atoms with Gasteiger partial charge in [-0.25, -0.2) is 14.4 Å². The Morgan fingerprint density at radius 1 is 1.28 bits per heavy atom. The quantitative estimate of drug-likeness (QED) is 0.792. The summed E-state index contributed by atoms with van der Waals surface area (Å²) in [5, 5.41) is 3.18. The van der Waals surface area contributed by atoms with Crippen LogP contribution in [0.5, 0.6) is 0 Å². The van der Waals surface area contributed by atoms with Gasteiger partial charge in [0.1, 0.15) is 23.8 Å². The van der Waals surface area contributed by atoms with Crippen LogP contribution in [0.3, 0.4) is 0 Å². The van der Waals surface area contributed by atoms with Gasteiger partial charge in [0.05, 0.1) is 10.7 Å². The fraction of sp³-hybridized carbons (Fsp3) is 0.444. The third-order valence-electron chi connectivity index (χ3n) is 5.00. The molecule has 0 aliphatic heterocycles. The number of hydrogen-bond acceptors (Lipinski definition) is 5. The second-order valence-electron chi connectivity index (χ2n) is 6.86. The van der Waals surface area contributed by atoms with Crippen molar-refractivity contribution in [1.82, 2.24) is 9.97 Å². The van der Waals surface area contributed by atoms with Crippen molar-refractivity contribution in [3.63, 3.8) is 0 Å². The maximum absolute atomic E-state index is 13.3. The summed E-state index contributed by atoms with van der Waals surface area (Å²) >= 11 is 5.82. The standard InChI is InChI=1S/C18H23ClFN5/c1-12-5-7-18(21,8-6-12)25(2)17-10-16(22-11-23-17)24-13-3-4-15(20)14(19)9-13/h3-4,9-12H,5-8,21H2,1-2H3,(H,22,23,24)/t12-,18-. The molecule has 1 aromatic heterocycles. The van der Waals surface area contributed by atoms with Gasteiger partial charge in [-0.1, -0.05) is 18.5 Å². The van der Waals surface area contributed by atoms with E-state index in [-0.39, 0.29) is 5.02 Å². The van der Waals surface area contributed by atoms with E-state index in [1.165, 1.54) is 18.5 Å². The summed E-state index contributed by atoms with van der Waals surface area (Å²) in [4.78, 5) is 10.6. The third-order valence-corrected chi connectivity index (χ3v) is 5.29. The first-order valence-corrected chi connectivity index (χ1v) is 8.82. The maximum Gasteiger partial charge on any atom is 0.141 e. The molecule has 134 valence electrons. The van der Waals surface area contributed by atoms with Crippen LogP contribution in [0.25, 0.3) is 0 Å². The minimum Gasteiger partial charge on any atom is -0.341 e. The van der Waals surface area contributed by atoms with E-state index in [1.807, 2.05) is 18.0 Å². The molecule has 25 heavy (non-hydrogen) atoms. The Kier molecular flexibility index (Phi) is 5.11. The summed E-state index contributed by atoms with van der Waals surface area (Å²) < 4.78 is 13.3. The predicted molar refractivity (Wildman–Crippen MR) is 99.7 cm³/mol.